The van der Waals surface area contributed by atoms with Crippen molar-refractivity contribution in [3.05, 3.63) is 60.2 Å². The molecule has 0 bridgehead atoms. The van der Waals surface area contributed by atoms with E-state index in [2.05, 4.69) is 16.0 Å². The van der Waals surface area contributed by atoms with E-state index in [9.17, 15) is 23.1 Å². The molecule has 12 heteroatoms. The Hall–Kier alpha value is -3.03. The average Bonchev–Trinajstić information content (AvgIpc) is 2.97. The molecule has 0 fully saturated rings. The van der Waals surface area contributed by atoms with Gasteiger partial charge in [-0.1, -0.05) is 65.0 Å². The molecule has 246 valence electrons. The number of rotatable bonds is 18. The summed E-state index contributed by atoms with van der Waals surface area (Å²) in [5.74, 6) is -0.392. The van der Waals surface area contributed by atoms with Gasteiger partial charge in [-0.05, 0) is 60.5 Å². The molecule has 0 unspecified atom stereocenters. The molecule has 0 saturated carbocycles. The van der Waals surface area contributed by atoms with Crippen molar-refractivity contribution in [2.24, 2.45) is 11.3 Å². The van der Waals surface area contributed by atoms with E-state index in [1.165, 1.54) is 23.5 Å². The van der Waals surface area contributed by atoms with Gasteiger partial charge in [0.1, 0.15) is 11.8 Å². The third-order valence-corrected chi connectivity index (χ3v) is 8.82. The lowest BCUT2D eigenvalue weighted by Crippen LogP contribution is -2.59. The number of aliphatic hydroxyl groups is 2. The predicted octanol–water partition coefficient (Wildman–Crippen LogP) is 1.93. The summed E-state index contributed by atoms with van der Waals surface area (Å²) < 4.78 is 33.8. The normalized spacial score (nSPS) is 14.2. The third kappa shape index (κ3) is 11.8. The van der Waals surface area contributed by atoms with E-state index in [4.69, 9.17) is 9.84 Å². The molecule has 2 amide bonds. The molecule has 5 N–H and O–H groups in total. The summed E-state index contributed by atoms with van der Waals surface area (Å²) in [6.07, 6.45) is -0.543. The summed E-state index contributed by atoms with van der Waals surface area (Å²) in [7, 11) is -2.50. The monoisotopic (exact) mass is 634 g/mol. The van der Waals surface area contributed by atoms with E-state index in [0.29, 0.717) is 18.7 Å². The predicted molar refractivity (Wildman–Crippen MR) is 171 cm³/mol. The van der Waals surface area contributed by atoms with Crippen molar-refractivity contribution in [3.8, 4) is 5.75 Å². The summed E-state index contributed by atoms with van der Waals surface area (Å²) in [5, 5.41) is 29.2. The number of carbonyl (C=O) groups excluding carboxylic acids is 2. The van der Waals surface area contributed by atoms with Gasteiger partial charge in [-0.2, -0.15) is 4.31 Å². The quantitative estimate of drug-likeness (QED) is 0.156. The first-order valence-electron chi connectivity index (χ1n) is 15.0. The Morgan fingerprint density at radius 1 is 0.977 bits per heavy atom. The first-order chi connectivity index (χ1) is 20.7. The summed E-state index contributed by atoms with van der Waals surface area (Å²) >= 11 is 0. The Kier molecular flexibility index (Phi) is 14.7. The van der Waals surface area contributed by atoms with E-state index in [1.807, 2.05) is 65.0 Å². The molecule has 0 aliphatic heterocycles. The lowest BCUT2D eigenvalue weighted by Gasteiger charge is -2.34. The number of nitrogens with zero attached hydrogens (tertiary/aromatic N) is 1. The van der Waals surface area contributed by atoms with Gasteiger partial charge in [0.15, 0.2) is 0 Å². The number of methoxy groups -OCH3 is 1. The van der Waals surface area contributed by atoms with Crippen molar-refractivity contribution in [1.29, 1.82) is 0 Å². The lowest BCUT2D eigenvalue weighted by atomic mass is 9.85. The topological polar surface area (TPSA) is 157 Å². The molecule has 11 nitrogen and oxygen atoms in total. The molecule has 2 aromatic carbocycles. The van der Waals surface area contributed by atoms with Crippen LogP contribution in [0.5, 0.6) is 5.75 Å². The van der Waals surface area contributed by atoms with Gasteiger partial charge in [-0.25, -0.2) is 8.42 Å². The first kappa shape index (κ1) is 37.2. The van der Waals surface area contributed by atoms with E-state index in [1.54, 1.807) is 12.1 Å². The second kappa shape index (κ2) is 17.5. The van der Waals surface area contributed by atoms with Crippen LogP contribution in [0.2, 0.25) is 0 Å². The van der Waals surface area contributed by atoms with Crippen molar-refractivity contribution in [3.63, 3.8) is 0 Å². The number of sulfonamides is 1. The number of hydrogen-bond donors (Lipinski definition) is 5. The van der Waals surface area contributed by atoms with Crippen molar-refractivity contribution in [2.75, 3.05) is 39.9 Å². The molecule has 0 spiro atoms. The standard InChI is InChI=1S/C32H50N4O7S/c1-23(2)21-36(44(41,42)26-15-13-25(43-6)14-16-26)22-28(38)27(19-24-11-8-7-9-12-24)34-31(40)30(32(3,4)5)35-29(39)20-33-17-10-18-37/h7-9,11-16,23,27-28,30,33,37-38H,10,17-22H2,1-6H3,(H,34,40)(H,35,39)/t27-,28+,30+/m0/s1. The SMILES string of the molecule is COc1ccc(S(=O)(=O)N(CC(C)C)C[C@@H](O)[C@H](Cc2ccccc2)NC(=O)[C@@H](NC(=O)CNCCCO)C(C)(C)C)cc1. The van der Waals surface area contributed by atoms with Gasteiger partial charge in [0.2, 0.25) is 21.8 Å². The van der Waals surface area contributed by atoms with E-state index in [0.717, 1.165) is 5.56 Å². The lowest BCUT2D eigenvalue weighted by molar-refractivity contribution is -0.132. The van der Waals surface area contributed by atoms with Gasteiger partial charge in [0, 0.05) is 19.7 Å². The smallest absolute Gasteiger partial charge is 0.243 e. The van der Waals surface area contributed by atoms with Gasteiger partial charge in [-0.15, -0.1) is 0 Å². The highest BCUT2D eigenvalue weighted by atomic mass is 32.2. The van der Waals surface area contributed by atoms with Crippen LogP contribution in [0.4, 0.5) is 0 Å². The fourth-order valence-electron chi connectivity index (χ4n) is 4.62. The molecule has 2 aromatic rings. The second-order valence-electron chi connectivity index (χ2n) is 12.4. The summed E-state index contributed by atoms with van der Waals surface area (Å²) in [6, 6.07) is 13.6. The number of benzene rings is 2. The number of nitrogens with one attached hydrogen (secondary N) is 3. The maximum absolute atomic E-state index is 13.7. The molecular formula is C32H50N4O7S. The van der Waals surface area contributed by atoms with Gasteiger partial charge < -0.3 is 30.9 Å². The van der Waals surface area contributed by atoms with Gasteiger partial charge >= 0.3 is 0 Å². The van der Waals surface area contributed by atoms with Crippen LogP contribution in [0.15, 0.2) is 59.5 Å². The van der Waals surface area contributed by atoms with Crippen molar-refractivity contribution < 1.29 is 33.0 Å². The molecule has 0 aliphatic rings. The van der Waals surface area contributed by atoms with E-state index in [-0.39, 0.29) is 49.4 Å². The molecular weight excluding hydrogens is 584 g/mol. The van der Waals surface area contributed by atoms with E-state index < -0.39 is 39.5 Å². The molecule has 2 rings (SSSR count). The molecule has 0 aliphatic carbocycles. The summed E-state index contributed by atoms with van der Waals surface area (Å²) in [5.41, 5.74) is 0.170. The Balaban J connectivity index is 2.34. The van der Waals surface area contributed by atoms with Crippen molar-refractivity contribution in [2.45, 2.75) is 70.5 Å². The fourth-order valence-corrected chi connectivity index (χ4v) is 6.24. The Bertz CT molecular complexity index is 1270. The number of aliphatic hydroxyl groups excluding tert-OH is 2. The molecule has 3 atom stereocenters. The van der Waals surface area contributed by atoms with Gasteiger partial charge in [-0.3, -0.25) is 9.59 Å². The number of amides is 2. The fraction of sp³-hybridized carbons (Fsp3) is 0.562. The minimum absolute atomic E-state index is 0.00274. The zero-order valence-electron chi connectivity index (χ0n) is 26.7. The number of hydrogen-bond acceptors (Lipinski definition) is 8. The molecule has 44 heavy (non-hydrogen) atoms. The zero-order chi connectivity index (χ0) is 32.9. The van der Waals surface area contributed by atoms with Crippen molar-refractivity contribution in [1.82, 2.24) is 20.3 Å². The van der Waals surface area contributed by atoms with Crippen LogP contribution in [0.1, 0.15) is 46.6 Å². The maximum Gasteiger partial charge on any atom is 0.243 e. The molecule has 0 aromatic heterocycles. The summed E-state index contributed by atoms with van der Waals surface area (Å²) in [6.45, 7) is 9.58. The largest absolute Gasteiger partial charge is 0.497 e. The summed E-state index contributed by atoms with van der Waals surface area (Å²) in [4.78, 5) is 26.4. The first-order valence-corrected chi connectivity index (χ1v) is 16.4. The van der Waals surface area contributed by atoms with Crippen LogP contribution >= 0.6 is 0 Å². The second-order valence-corrected chi connectivity index (χ2v) is 14.3. The van der Waals surface area contributed by atoms with Crippen LogP contribution < -0.4 is 20.7 Å². The highest BCUT2D eigenvalue weighted by molar-refractivity contribution is 7.89. The Morgan fingerprint density at radius 2 is 1.61 bits per heavy atom. The number of carbonyl (C=O) groups is 2. The number of ether oxygens (including phenoxy) is 1. The van der Waals surface area contributed by atoms with Gasteiger partial charge in [0.25, 0.3) is 0 Å². The minimum Gasteiger partial charge on any atom is -0.497 e. The maximum atomic E-state index is 13.7. The highest BCUT2D eigenvalue weighted by Gasteiger charge is 2.36. The highest BCUT2D eigenvalue weighted by Crippen LogP contribution is 2.23. The average molecular weight is 635 g/mol. The molecule has 0 heterocycles. The van der Waals surface area contributed by atoms with Crippen LogP contribution in [-0.2, 0) is 26.0 Å². The van der Waals surface area contributed by atoms with Crippen LogP contribution in [-0.4, -0.2) is 92.8 Å². The van der Waals surface area contributed by atoms with Crippen LogP contribution in [0, 0.1) is 11.3 Å². The van der Waals surface area contributed by atoms with Crippen LogP contribution in [0.3, 0.4) is 0 Å². The van der Waals surface area contributed by atoms with E-state index >= 15 is 0 Å². The van der Waals surface area contributed by atoms with Crippen LogP contribution in [0.25, 0.3) is 0 Å². The Labute approximate surface area is 262 Å². The third-order valence-electron chi connectivity index (χ3n) is 6.98. The van der Waals surface area contributed by atoms with Gasteiger partial charge in [0.05, 0.1) is 30.7 Å². The molecule has 0 saturated heterocycles. The minimum atomic E-state index is -3.99. The molecule has 0 radical (unpaired) electrons. The Morgan fingerprint density at radius 3 is 2.16 bits per heavy atom. The zero-order valence-corrected chi connectivity index (χ0v) is 27.6. The van der Waals surface area contributed by atoms with Crippen molar-refractivity contribution >= 4 is 21.8 Å².